The monoisotopic (exact) mass is 312 g/mol. The third-order valence-electron chi connectivity index (χ3n) is 3.15. The number of aliphatic hydroxyl groups excluding tert-OH is 1. The zero-order valence-corrected chi connectivity index (χ0v) is 13.1. The molecule has 116 valence electrons. The molecule has 1 aromatic carbocycles. The first-order valence-electron chi connectivity index (χ1n) is 6.86. The van der Waals surface area contributed by atoms with E-state index in [1.54, 1.807) is 19.1 Å². The van der Waals surface area contributed by atoms with Gasteiger partial charge in [0.25, 0.3) is 0 Å². The van der Waals surface area contributed by atoms with Crippen molar-refractivity contribution < 1.29 is 14.7 Å². The molecule has 0 fully saturated rings. The van der Waals surface area contributed by atoms with E-state index in [0.29, 0.717) is 24.5 Å². The summed E-state index contributed by atoms with van der Waals surface area (Å²) in [4.78, 5) is 25.3. The summed E-state index contributed by atoms with van der Waals surface area (Å²) in [5, 5.41) is 12.0. The first kappa shape index (κ1) is 17.5. The van der Waals surface area contributed by atoms with Gasteiger partial charge in [-0.3, -0.25) is 9.59 Å². The van der Waals surface area contributed by atoms with E-state index in [-0.39, 0.29) is 18.4 Å². The Kier molecular flexibility index (Phi) is 7.19. The minimum Gasteiger partial charge on any atom is -0.396 e. The van der Waals surface area contributed by atoms with Crippen molar-refractivity contribution in [1.29, 1.82) is 0 Å². The van der Waals surface area contributed by atoms with Gasteiger partial charge in [0.15, 0.2) is 0 Å². The fourth-order valence-corrected chi connectivity index (χ4v) is 2.01. The van der Waals surface area contributed by atoms with Gasteiger partial charge >= 0.3 is 0 Å². The maximum atomic E-state index is 12.0. The summed E-state index contributed by atoms with van der Waals surface area (Å²) in [6, 6.07) is 6.59. The van der Waals surface area contributed by atoms with E-state index in [1.165, 1.54) is 11.8 Å². The van der Waals surface area contributed by atoms with Crippen molar-refractivity contribution >= 4 is 23.4 Å². The number of nitrogens with one attached hydrogen (secondary N) is 1. The molecule has 0 spiro atoms. The smallest absolute Gasteiger partial charge is 0.242 e. The molecule has 0 aliphatic carbocycles. The molecule has 0 aromatic heterocycles. The normalized spacial score (nSPS) is 11.8. The van der Waals surface area contributed by atoms with Crippen LogP contribution in [0.3, 0.4) is 0 Å². The van der Waals surface area contributed by atoms with E-state index >= 15 is 0 Å². The molecule has 1 rings (SSSR count). The van der Waals surface area contributed by atoms with Crippen molar-refractivity contribution in [2.24, 2.45) is 0 Å². The van der Waals surface area contributed by atoms with Gasteiger partial charge in [-0.1, -0.05) is 23.7 Å². The van der Waals surface area contributed by atoms with Crippen LogP contribution in [0.2, 0.25) is 5.02 Å². The van der Waals surface area contributed by atoms with Crippen LogP contribution in [0, 0.1) is 0 Å². The zero-order chi connectivity index (χ0) is 15.8. The first-order chi connectivity index (χ1) is 9.95. The number of aliphatic hydroxyl groups is 1. The van der Waals surface area contributed by atoms with Gasteiger partial charge in [-0.25, -0.2) is 0 Å². The van der Waals surface area contributed by atoms with Crippen LogP contribution in [-0.2, 0) is 16.1 Å². The van der Waals surface area contributed by atoms with Gasteiger partial charge in [0.05, 0.1) is 0 Å². The molecule has 0 radical (unpaired) electrons. The van der Waals surface area contributed by atoms with Crippen LogP contribution in [0.15, 0.2) is 24.3 Å². The molecule has 0 saturated carbocycles. The number of hydrogen-bond donors (Lipinski definition) is 2. The molecule has 1 aromatic rings. The highest BCUT2D eigenvalue weighted by Gasteiger charge is 2.23. The molecular weight excluding hydrogens is 292 g/mol. The summed E-state index contributed by atoms with van der Waals surface area (Å²) in [5.74, 6) is -0.401. The Balaban J connectivity index is 2.69. The lowest BCUT2D eigenvalue weighted by Crippen LogP contribution is -2.47. The predicted octanol–water partition coefficient (Wildman–Crippen LogP) is 1.58. The van der Waals surface area contributed by atoms with Crippen LogP contribution in [0.25, 0.3) is 0 Å². The molecule has 6 heteroatoms. The summed E-state index contributed by atoms with van der Waals surface area (Å²) >= 11 is 5.83. The van der Waals surface area contributed by atoms with Crippen LogP contribution in [0.5, 0.6) is 0 Å². The van der Waals surface area contributed by atoms with Gasteiger partial charge < -0.3 is 15.3 Å². The molecule has 0 heterocycles. The van der Waals surface area contributed by atoms with E-state index in [2.05, 4.69) is 5.32 Å². The molecule has 0 bridgehead atoms. The van der Waals surface area contributed by atoms with Crippen molar-refractivity contribution in [2.75, 3.05) is 13.2 Å². The molecule has 2 amide bonds. The first-order valence-corrected chi connectivity index (χ1v) is 7.23. The average Bonchev–Trinajstić information content (AvgIpc) is 2.45. The quantitative estimate of drug-likeness (QED) is 0.751. The Hall–Kier alpha value is -1.59. The Morgan fingerprint density at radius 3 is 2.48 bits per heavy atom. The minimum atomic E-state index is -0.572. The molecule has 0 aliphatic rings. The Bertz CT molecular complexity index is 476. The van der Waals surface area contributed by atoms with E-state index in [4.69, 9.17) is 16.7 Å². The van der Waals surface area contributed by atoms with Crippen molar-refractivity contribution in [3.8, 4) is 0 Å². The van der Waals surface area contributed by atoms with Gasteiger partial charge in [0.1, 0.15) is 6.04 Å². The highest BCUT2D eigenvalue weighted by atomic mass is 35.5. The lowest BCUT2D eigenvalue weighted by molar-refractivity contribution is -0.139. The van der Waals surface area contributed by atoms with E-state index < -0.39 is 6.04 Å². The second kappa shape index (κ2) is 8.64. The number of carbonyl (C=O) groups is 2. The largest absolute Gasteiger partial charge is 0.396 e. The maximum Gasteiger partial charge on any atom is 0.242 e. The summed E-state index contributed by atoms with van der Waals surface area (Å²) in [5.41, 5.74) is 0.907. The zero-order valence-electron chi connectivity index (χ0n) is 12.3. The van der Waals surface area contributed by atoms with Gasteiger partial charge in [-0.05, 0) is 31.0 Å². The van der Waals surface area contributed by atoms with Crippen LogP contribution < -0.4 is 5.32 Å². The highest BCUT2D eigenvalue weighted by Crippen LogP contribution is 2.13. The number of nitrogens with zero attached hydrogens (tertiary/aromatic N) is 1. The third kappa shape index (κ3) is 5.73. The number of halogens is 1. The van der Waals surface area contributed by atoms with Crippen LogP contribution >= 0.6 is 11.6 Å². The van der Waals surface area contributed by atoms with E-state index in [9.17, 15) is 9.59 Å². The number of hydrogen-bond acceptors (Lipinski definition) is 3. The summed E-state index contributed by atoms with van der Waals surface area (Å²) in [6.45, 7) is 3.89. The fourth-order valence-electron chi connectivity index (χ4n) is 1.89. The molecule has 1 atom stereocenters. The van der Waals surface area contributed by atoms with Crippen LogP contribution in [0.4, 0.5) is 0 Å². The molecular formula is C15H21ClN2O3. The molecule has 0 saturated heterocycles. The van der Waals surface area contributed by atoms with Crippen molar-refractivity contribution in [1.82, 2.24) is 10.2 Å². The topological polar surface area (TPSA) is 69.6 Å². The summed E-state index contributed by atoms with van der Waals surface area (Å²) < 4.78 is 0. The Morgan fingerprint density at radius 2 is 1.95 bits per heavy atom. The molecule has 0 aliphatic heterocycles. The number of amides is 2. The minimum absolute atomic E-state index is 0.0237. The Morgan fingerprint density at radius 1 is 1.33 bits per heavy atom. The number of carbonyl (C=O) groups excluding carboxylic acids is 2. The van der Waals surface area contributed by atoms with Crippen LogP contribution in [0.1, 0.15) is 25.8 Å². The lowest BCUT2D eigenvalue weighted by atomic mass is 10.1. The van der Waals surface area contributed by atoms with Crippen molar-refractivity contribution in [2.45, 2.75) is 32.9 Å². The van der Waals surface area contributed by atoms with Gasteiger partial charge in [-0.15, -0.1) is 0 Å². The van der Waals surface area contributed by atoms with Gasteiger partial charge in [0, 0.05) is 31.6 Å². The molecule has 5 nitrogen and oxygen atoms in total. The van der Waals surface area contributed by atoms with E-state index in [1.807, 2.05) is 12.1 Å². The average molecular weight is 313 g/mol. The number of rotatable bonds is 7. The second-order valence-corrected chi connectivity index (χ2v) is 5.25. The Labute approximate surface area is 129 Å². The fraction of sp³-hybridized carbons (Fsp3) is 0.467. The van der Waals surface area contributed by atoms with Crippen LogP contribution in [-0.4, -0.2) is 41.0 Å². The SMILES string of the molecule is CC(=O)N(Cc1ccc(Cl)cc1)[C@H](C)C(=O)NCCCO. The standard InChI is InChI=1S/C15H21ClN2O3/c1-11(15(21)17-8-3-9-19)18(12(2)20)10-13-4-6-14(16)7-5-13/h4-7,11,19H,3,8-10H2,1-2H3,(H,17,21)/t11-/m1/s1. The van der Waals surface area contributed by atoms with Crippen molar-refractivity contribution in [3.05, 3.63) is 34.9 Å². The predicted molar refractivity (Wildman–Crippen MR) is 81.9 cm³/mol. The van der Waals surface area contributed by atoms with Gasteiger partial charge in [-0.2, -0.15) is 0 Å². The summed E-state index contributed by atoms with van der Waals surface area (Å²) in [7, 11) is 0. The maximum absolute atomic E-state index is 12.0. The van der Waals surface area contributed by atoms with E-state index in [0.717, 1.165) is 5.56 Å². The molecule has 0 unspecified atom stereocenters. The van der Waals surface area contributed by atoms with Crippen molar-refractivity contribution in [3.63, 3.8) is 0 Å². The lowest BCUT2D eigenvalue weighted by Gasteiger charge is -2.27. The molecule has 21 heavy (non-hydrogen) atoms. The second-order valence-electron chi connectivity index (χ2n) is 4.82. The highest BCUT2D eigenvalue weighted by molar-refractivity contribution is 6.30. The number of benzene rings is 1. The van der Waals surface area contributed by atoms with Gasteiger partial charge in [0.2, 0.25) is 11.8 Å². The summed E-state index contributed by atoms with van der Waals surface area (Å²) in [6.07, 6.45) is 0.496. The third-order valence-corrected chi connectivity index (χ3v) is 3.40. The molecule has 2 N–H and O–H groups in total.